The van der Waals surface area contributed by atoms with Crippen LogP contribution in [0.4, 0.5) is 0 Å². The van der Waals surface area contributed by atoms with Crippen molar-refractivity contribution in [2.75, 3.05) is 6.26 Å². The maximum Gasteiger partial charge on any atom is 0.241 e. The summed E-state index contributed by atoms with van der Waals surface area (Å²) in [4.78, 5) is 0.365. The van der Waals surface area contributed by atoms with Gasteiger partial charge in [0, 0.05) is 16.8 Å². The molecule has 0 bridgehead atoms. The Hall–Kier alpha value is -1.22. The van der Waals surface area contributed by atoms with Gasteiger partial charge in [0.05, 0.1) is 9.79 Å². The normalized spacial score (nSPS) is 13.7. The van der Waals surface area contributed by atoms with Crippen molar-refractivity contribution in [3.05, 3.63) is 58.6 Å². The van der Waals surface area contributed by atoms with Gasteiger partial charge in [0.1, 0.15) is 0 Å². The van der Waals surface area contributed by atoms with E-state index in [9.17, 15) is 16.8 Å². The molecule has 124 valence electrons. The predicted molar refractivity (Wildman–Crippen MR) is 92.4 cm³/mol. The van der Waals surface area contributed by atoms with E-state index in [2.05, 4.69) is 20.7 Å². The fourth-order valence-corrected chi connectivity index (χ4v) is 4.11. The maximum atomic E-state index is 12.3. The van der Waals surface area contributed by atoms with Gasteiger partial charge in [-0.05, 0) is 48.9 Å². The second-order valence-corrected chi connectivity index (χ2v) is 9.78. The van der Waals surface area contributed by atoms with E-state index in [0.717, 1.165) is 10.7 Å². The summed E-state index contributed by atoms with van der Waals surface area (Å²) in [5, 5.41) is 0. The highest BCUT2D eigenvalue weighted by Crippen LogP contribution is 2.20. The molecule has 2 rings (SSSR count). The fourth-order valence-electron chi connectivity index (χ4n) is 1.99. The molecule has 0 spiro atoms. The molecule has 0 fully saturated rings. The molecule has 0 radical (unpaired) electrons. The van der Waals surface area contributed by atoms with Gasteiger partial charge in [0.2, 0.25) is 10.0 Å². The van der Waals surface area contributed by atoms with Crippen molar-refractivity contribution < 1.29 is 16.8 Å². The van der Waals surface area contributed by atoms with Crippen LogP contribution < -0.4 is 4.72 Å². The zero-order valence-corrected chi connectivity index (χ0v) is 15.7. The standard InChI is InChI=1S/C15H16BrNO4S2/c1-11(12-3-7-14(8-4-12)22(2,18)19)17-23(20,21)15-9-5-13(16)6-10-15/h3-11,17H,1-2H3. The molecule has 1 N–H and O–H groups in total. The molecule has 0 aromatic heterocycles. The molecule has 1 unspecified atom stereocenters. The first-order valence-electron chi connectivity index (χ1n) is 6.67. The van der Waals surface area contributed by atoms with E-state index in [1.807, 2.05) is 0 Å². The average molecular weight is 418 g/mol. The van der Waals surface area contributed by atoms with Crippen molar-refractivity contribution in [1.82, 2.24) is 4.72 Å². The Morgan fingerprint density at radius 1 is 0.870 bits per heavy atom. The molecule has 5 nitrogen and oxygen atoms in total. The first-order valence-corrected chi connectivity index (χ1v) is 10.8. The summed E-state index contributed by atoms with van der Waals surface area (Å²) in [6, 6.07) is 12.0. The number of benzene rings is 2. The molecule has 8 heteroatoms. The van der Waals surface area contributed by atoms with Gasteiger partial charge in [-0.15, -0.1) is 0 Å². The highest BCUT2D eigenvalue weighted by Gasteiger charge is 2.18. The van der Waals surface area contributed by atoms with Crippen molar-refractivity contribution >= 4 is 35.8 Å². The highest BCUT2D eigenvalue weighted by molar-refractivity contribution is 9.10. The van der Waals surface area contributed by atoms with E-state index in [0.29, 0.717) is 5.56 Å². The molecule has 1 atom stereocenters. The van der Waals surface area contributed by atoms with Crippen molar-refractivity contribution in [2.24, 2.45) is 0 Å². The molecule has 23 heavy (non-hydrogen) atoms. The molecule has 2 aromatic carbocycles. The largest absolute Gasteiger partial charge is 0.241 e. The Balaban J connectivity index is 2.21. The lowest BCUT2D eigenvalue weighted by Crippen LogP contribution is -2.26. The lowest BCUT2D eigenvalue weighted by atomic mass is 10.1. The first-order chi connectivity index (χ1) is 10.6. The van der Waals surface area contributed by atoms with Gasteiger partial charge in [0.15, 0.2) is 9.84 Å². The lowest BCUT2D eigenvalue weighted by Gasteiger charge is -2.15. The Labute approximate surface area is 144 Å². The third kappa shape index (κ3) is 4.63. The Morgan fingerprint density at radius 3 is 1.83 bits per heavy atom. The summed E-state index contributed by atoms with van der Waals surface area (Å²) in [6.45, 7) is 1.70. The van der Waals surface area contributed by atoms with Gasteiger partial charge in [-0.3, -0.25) is 0 Å². The van der Waals surface area contributed by atoms with Gasteiger partial charge >= 0.3 is 0 Å². The summed E-state index contributed by atoms with van der Waals surface area (Å²) in [5.41, 5.74) is 0.679. The van der Waals surface area contributed by atoms with Crippen molar-refractivity contribution in [2.45, 2.75) is 22.8 Å². The van der Waals surface area contributed by atoms with Crippen LogP contribution in [-0.4, -0.2) is 23.1 Å². The summed E-state index contributed by atoms with van der Waals surface area (Å²) in [7, 11) is -6.92. The van der Waals surface area contributed by atoms with E-state index in [-0.39, 0.29) is 9.79 Å². The van der Waals surface area contributed by atoms with Crippen LogP contribution in [0.15, 0.2) is 62.8 Å². The zero-order chi connectivity index (χ0) is 17.3. The Kier molecular flexibility index (Phi) is 5.30. The molecule has 2 aromatic rings. The second-order valence-electron chi connectivity index (χ2n) is 5.14. The quantitative estimate of drug-likeness (QED) is 0.810. The summed E-state index contributed by atoms with van der Waals surface area (Å²) in [6.07, 6.45) is 1.13. The number of halogens is 1. The van der Waals surface area contributed by atoms with Crippen LogP contribution in [-0.2, 0) is 19.9 Å². The third-order valence-electron chi connectivity index (χ3n) is 3.26. The van der Waals surface area contributed by atoms with Crippen LogP contribution >= 0.6 is 15.9 Å². The molecule has 0 heterocycles. The molecule has 0 aliphatic carbocycles. The summed E-state index contributed by atoms with van der Waals surface area (Å²) >= 11 is 3.26. The molecule has 0 saturated carbocycles. The van der Waals surface area contributed by atoms with Gasteiger partial charge in [-0.1, -0.05) is 28.1 Å². The number of sulfone groups is 1. The molecule has 0 amide bonds. The number of hydrogen-bond donors (Lipinski definition) is 1. The minimum Gasteiger partial charge on any atom is -0.224 e. The zero-order valence-electron chi connectivity index (χ0n) is 12.5. The fraction of sp³-hybridized carbons (Fsp3) is 0.200. The van der Waals surface area contributed by atoms with Gasteiger partial charge in [-0.25, -0.2) is 21.6 Å². The second kappa shape index (κ2) is 6.72. The average Bonchev–Trinajstić information content (AvgIpc) is 2.46. The minimum atomic E-state index is -3.65. The van der Waals surface area contributed by atoms with Gasteiger partial charge < -0.3 is 0 Å². The lowest BCUT2D eigenvalue weighted by molar-refractivity contribution is 0.566. The number of hydrogen-bond acceptors (Lipinski definition) is 4. The topological polar surface area (TPSA) is 80.3 Å². The molecule has 0 aliphatic rings. The van der Waals surface area contributed by atoms with Crippen LogP contribution in [0.2, 0.25) is 0 Å². The smallest absolute Gasteiger partial charge is 0.224 e. The van der Waals surface area contributed by atoms with Crippen molar-refractivity contribution in [3.63, 3.8) is 0 Å². The first kappa shape index (κ1) is 18.1. The van der Waals surface area contributed by atoms with Crippen LogP contribution in [0, 0.1) is 0 Å². The molecule has 0 saturated heterocycles. The molecule has 0 aliphatic heterocycles. The summed E-state index contributed by atoms with van der Waals surface area (Å²) in [5.74, 6) is 0. The van der Waals surface area contributed by atoms with Crippen LogP contribution in [0.25, 0.3) is 0 Å². The Morgan fingerprint density at radius 2 is 1.35 bits per heavy atom. The van der Waals surface area contributed by atoms with E-state index in [1.54, 1.807) is 31.2 Å². The minimum absolute atomic E-state index is 0.167. The molecular formula is C15H16BrNO4S2. The predicted octanol–water partition coefficient (Wildman–Crippen LogP) is 2.89. The number of rotatable bonds is 5. The maximum absolute atomic E-state index is 12.3. The number of sulfonamides is 1. The monoisotopic (exact) mass is 417 g/mol. The summed E-state index contributed by atoms with van der Waals surface area (Å²) < 4.78 is 50.9. The third-order valence-corrected chi connectivity index (χ3v) is 6.48. The van der Waals surface area contributed by atoms with E-state index in [4.69, 9.17) is 0 Å². The van der Waals surface area contributed by atoms with Crippen LogP contribution in [0.3, 0.4) is 0 Å². The number of nitrogens with one attached hydrogen (secondary N) is 1. The van der Waals surface area contributed by atoms with Crippen LogP contribution in [0.1, 0.15) is 18.5 Å². The van der Waals surface area contributed by atoms with Crippen LogP contribution in [0.5, 0.6) is 0 Å². The Bertz CT molecular complexity index is 889. The van der Waals surface area contributed by atoms with E-state index in [1.165, 1.54) is 24.3 Å². The van der Waals surface area contributed by atoms with Crippen molar-refractivity contribution in [3.8, 4) is 0 Å². The van der Waals surface area contributed by atoms with Gasteiger partial charge in [-0.2, -0.15) is 0 Å². The van der Waals surface area contributed by atoms with E-state index >= 15 is 0 Å². The van der Waals surface area contributed by atoms with E-state index < -0.39 is 25.9 Å². The highest BCUT2D eigenvalue weighted by atomic mass is 79.9. The molecular weight excluding hydrogens is 402 g/mol. The SMILES string of the molecule is CC(NS(=O)(=O)c1ccc(Br)cc1)c1ccc(S(C)(=O)=O)cc1. The van der Waals surface area contributed by atoms with Crippen molar-refractivity contribution in [1.29, 1.82) is 0 Å². The van der Waals surface area contributed by atoms with Gasteiger partial charge in [0.25, 0.3) is 0 Å².